The zero-order valence-corrected chi connectivity index (χ0v) is 10.1. The van der Waals surface area contributed by atoms with Crippen LogP contribution >= 0.6 is 11.6 Å². The van der Waals surface area contributed by atoms with Crippen molar-refractivity contribution in [2.75, 3.05) is 5.73 Å². The number of nitrogens with zero attached hydrogens (tertiary/aromatic N) is 2. The Morgan fingerprint density at radius 2 is 2.06 bits per heavy atom. The lowest BCUT2D eigenvalue weighted by Gasteiger charge is -2.06. The van der Waals surface area contributed by atoms with Gasteiger partial charge >= 0.3 is 0 Å². The van der Waals surface area contributed by atoms with Crippen LogP contribution in [0.5, 0.6) is 0 Å². The smallest absolute Gasteiger partial charge is 0.122 e. The molecule has 0 spiro atoms. The summed E-state index contributed by atoms with van der Waals surface area (Å²) in [6.45, 7) is 4.56. The molecule has 4 heteroatoms. The highest BCUT2D eigenvalue weighted by atomic mass is 35.5. The third-order valence-corrected chi connectivity index (χ3v) is 2.91. The fourth-order valence-electron chi connectivity index (χ4n) is 1.60. The van der Waals surface area contributed by atoms with Gasteiger partial charge in [0.05, 0.1) is 12.2 Å². The number of anilines is 1. The van der Waals surface area contributed by atoms with Crippen LogP contribution in [0, 0.1) is 13.8 Å². The van der Waals surface area contributed by atoms with Gasteiger partial charge in [-0.05, 0) is 31.0 Å². The van der Waals surface area contributed by atoms with E-state index in [9.17, 15) is 0 Å². The standard InChI is InChI=1S/C12H14ClN3/c1-8-3-4-10(6-11(8)13)7-16-12(14)5-9(2)15-16/h3-6H,7,14H2,1-2H3. The van der Waals surface area contributed by atoms with E-state index in [0.29, 0.717) is 12.4 Å². The highest BCUT2D eigenvalue weighted by Gasteiger charge is 2.03. The van der Waals surface area contributed by atoms with Gasteiger partial charge in [-0.15, -0.1) is 0 Å². The minimum atomic E-state index is 0.652. The van der Waals surface area contributed by atoms with Crippen molar-refractivity contribution in [2.24, 2.45) is 0 Å². The topological polar surface area (TPSA) is 43.8 Å². The molecule has 84 valence electrons. The molecule has 0 fully saturated rings. The molecule has 0 saturated carbocycles. The fourth-order valence-corrected chi connectivity index (χ4v) is 1.80. The van der Waals surface area contributed by atoms with Crippen LogP contribution in [0.3, 0.4) is 0 Å². The molecular formula is C12H14ClN3. The maximum Gasteiger partial charge on any atom is 0.122 e. The predicted octanol–water partition coefficient (Wildman–Crippen LogP) is 2.78. The van der Waals surface area contributed by atoms with Crippen molar-refractivity contribution < 1.29 is 0 Å². The molecule has 16 heavy (non-hydrogen) atoms. The average Bonchev–Trinajstić information content (AvgIpc) is 2.51. The number of nitrogen functional groups attached to an aromatic ring is 1. The zero-order chi connectivity index (χ0) is 11.7. The Kier molecular flexibility index (Phi) is 2.88. The largest absolute Gasteiger partial charge is 0.384 e. The molecule has 2 aromatic rings. The van der Waals surface area contributed by atoms with Crippen molar-refractivity contribution in [2.45, 2.75) is 20.4 Å². The summed E-state index contributed by atoms with van der Waals surface area (Å²) < 4.78 is 1.77. The second kappa shape index (κ2) is 4.18. The molecule has 0 amide bonds. The Morgan fingerprint density at radius 3 is 2.62 bits per heavy atom. The van der Waals surface area contributed by atoms with E-state index >= 15 is 0 Å². The number of nitrogens with two attached hydrogens (primary N) is 1. The Balaban J connectivity index is 2.27. The molecule has 0 bridgehead atoms. The lowest BCUT2D eigenvalue weighted by molar-refractivity contribution is 0.689. The first-order valence-corrected chi connectivity index (χ1v) is 5.49. The van der Waals surface area contributed by atoms with E-state index < -0.39 is 0 Å². The molecule has 2 N–H and O–H groups in total. The first-order valence-electron chi connectivity index (χ1n) is 5.11. The van der Waals surface area contributed by atoms with E-state index in [-0.39, 0.29) is 0 Å². The van der Waals surface area contributed by atoms with Gasteiger partial charge in [-0.1, -0.05) is 23.7 Å². The number of hydrogen-bond donors (Lipinski definition) is 1. The third kappa shape index (κ3) is 2.19. The summed E-state index contributed by atoms with van der Waals surface area (Å²) in [6, 6.07) is 7.85. The van der Waals surface area contributed by atoms with Gasteiger partial charge < -0.3 is 5.73 Å². The van der Waals surface area contributed by atoms with E-state index in [1.807, 2.05) is 38.1 Å². The van der Waals surface area contributed by atoms with Crippen LogP contribution in [0.25, 0.3) is 0 Å². The van der Waals surface area contributed by atoms with E-state index in [0.717, 1.165) is 21.8 Å². The number of aromatic nitrogens is 2. The summed E-state index contributed by atoms with van der Waals surface area (Å²) in [5.74, 6) is 0.675. The van der Waals surface area contributed by atoms with Crippen molar-refractivity contribution in [1.82, 2.24) is 9.78 Å². The molecule has 1 heterocycles. The highest BCUT2D eigenvalue weighted by molar-refractivity contribution is 6.31. The van der Waals surface area contributed by atoms with Gasteiger partial charge in [0.25, 0.3) is 0 Å². The molecule has 0 unspecified atom stereocenters. The Morgan fingerprint density at radius 1 is 1.31 bits per heavy atom. The Bertz CT molecular complexity index is 517. The van der Waals surface area contributed by atoms with Crippen LogP contribution in [-0.2, 0) is 6.54 Å². The maximum atomic E-state index is 6.06. The summed E-state index contributed by atoms with van der Waals surface area (Å²) >= 11 is 6.06. The molecule has 0 atom stereocenters. The number of halogens is 1. The van der Waals surface area contributed by atoms with Gasteiger partial charge in [0.1, 0.15) is 5.82 Å². The monoisotopic (exact) mass is 235 g/mol. The zero-order valence-electron chi connectivity index (χ0n) is 9.37. The van der Waals surface area contributed by atoms with Gasteiger partial charge in [-0.25, -0.2) is 4.68 Å². The number of hydrogen-bond acceptors (Lipinski definition) is 2. The van der Waals surface area contributed by atoms with Gasteiger partial charge in [0, 0.05) is 11.1 Å². The van der Waals surface area contributed by atoms with Crippen LogP contribution in [0.4, 0.5) is 5.82 Å². The lowest BCUT2D eigenvalue weighted by Crippen LogP contribution is -2.05. The van der Waals surface area contributed by atoms with Crippen LogP contribution < -0.4 is 5.73 Å². The molecule has 0 saturated heterocycles. The molecule has 2 rings (SSSR count). The number of aryl methyl sites for hydroxylation is 2. The minimum absolute atomic E-state index is 0.652. The fraction of sp³-hybridized carbons (Fsp3) is 0.250. The van der Waals surface area contributed by atoms with E-state index in [4.69, 9.17) is 17.3 Å². The first kappa shape index (κ1) is 11.0. The second-order valence-corrected chi connectivity index (χ2v) is 4.36. The van der Waals surface area contributed by atoms with Crippen molar-refractivity contribution in [1.29, 1.82) is 0 Å². The first-order chi connectivity index (χ1) is 7.56. The second-order valence-electron chi connectivity index (χ2n) is 3.95. The number of rotatable bonds is 2. The minimum Gasteiger partial charge on any atom is -0.384 e. The summed E-state index contributed by atoms with van der Waals surface area (Å²) in [4.78, 5) is 0. The highest BCUT2D eigenvalue weighted by Crippen LogP contribution is 2.18. The van der Waals surface area contributed by atoms with Crippen molar-refractivity contribution in [3.63, 3.8) is 0 Å². The molecule has 0 aliphatic carbocycles. The maximum absolute atomic E-state index is 6.06. The van der Waals surface area contributed by atoms with Crippen molar-refractivity contribution in [3.8, 4) is 0 Å². The predicted molar refractivity (Wildman–Crippen MR) is 66.7 cm³/mol. The number of benzene rings is 1. The Labute approximate surface area is 99.8 Å². The van der Waals surface area contributed by atoms with Gasteiger partial charge in [-0.2, -0.15) is 5.10 Å². The van der Waals surface area contributed by atoms with Crippen LogP contribution in [0.2, 0.25) is 5.02 Å². The molecule has 0 radical (unpaired) electrons. The van der Waals surface area contributed by atoms with Crippen LogP contribution in [0.1, 0.15) is 16.8 Å². The van der Waals surface area contributed by atoms with Crippen LogP contribution in [0.15, 0.2) is 24.3 Å². The van der Waals surface area contributed by atoms with E-state index in [1.165, 1.54) is 0 Å². The normalized spacial score (nSPS) is 10.7. The summed E-state index contributed by atoms with van der Waals surface area (Å²) in [6.07, 6.45) is 0. The quantitative estimate of drug-likeness (QED) is 0.870. The van der Waals surface area contributed by atoms with Crippen molar-refractivity contribution in [3.05, 3.63) is 46.1 Å². The van der Waals surface area contributed by atoms with Gasteiger partial charge in [0.2, 0.25) is 0 Å². The molecule has 0 aliphatic heterocycles. The van der Waals surface area contributed by atoms with Gasteiger partial charge in [0.15, 0.2) is 0 Å². The molecule has 0 aliphatic rings. The Hall–Kier alpha value is -1.48. The SMILES string of the molecule is Cc1cc(N)n(Cc2ccc(C)c(Cl)c2)n1. The van der Waals surface area contributed by atoms with Crippen molar-refractivity contribution >= 4 is 17.4 Å². The molecule has 1 aromatic heterocycles. The summed E-state index contributed by atoms with van der Waals surface area (Å²) in [5, 5.41) is 5.08. The summed E-state index contributed by atoms with van der Waals surface area (Å²) in [5.41, 5.74) is 8.93. The average molecular weight is 236 g/mol. The lowest BCUT2D eigenvalue weighted by atomic mass is 10.1. The molecular weight excluding hydrogens is 222 g/mol. The van der Waals surface area contributed by atoms with Gasteiger partial charge in [-0.3, -0.25) is 0 Å². The van der Waals surface area contributed by atoms with Crippen LogP contribution in [-0.4, -0.2) is 9.78 Å². The van der Waals surface area contributed by atoms with E-state index in [2.05, 4.69) is 5.10 Å². The molecule has 1 aromatic carbocycles. The third-order valence-electron chi connectivity index (χ3n) is 2.50. The van der Waals surface area contributed by atoms with E-state index in [1.54, 1.807) is 4.68 Å². The summed E-state index contributed by atoms with van der Waals surface area (Å²) in [7, 11) is 0. The molecule has 3 nitrogen and oxygen atoms in total.